The average molecular weight is 277 g/mol. The predicted molar refractivity (Wildman–Crippen MR) is 74.9 cm³/mol. The van der Waals surface area contributed by atoms with Gasteiger partial charge in [0.05, 0.1) is 7.11 Å². The van der Waals surface area contributed by atoms with E-state index in [0.717, 1.165) is 25.4 Å². The molecule has 0 amide bonds. The molecule has 1 saturated carbocycles. The van der Waals surface area contributed by atoms with Crippen LogP contribution >= 0.6 is 0 Å². The van der Waals surface area contributed by atoms with Crippen molar-refractivity contribution in [1.82, 2.24) is 0 Å². The highest BCUT2D eigenvalue weighted by atomic mass is 17.2. The van der Waals surface area contributed by atoms with Crippen molar-refractivity contribution in [3.63, 3.8) is 0 Å². The highest BCUT2D eigenvalue weighted by Gasteiger charge is 2.28. The molecule has 1 aliphatic rings. The van der Waals surface area contributed by atoms with Gasteiger partial charge in [0.1, 0.15) is 17.4 Å². The molecule has 0 aliphatic heterocycles. The quantitative estimate of drug-likeness (QED) is 0.620. The Morgan fingerprint density at radius 3 is 2.65 bits per heavy atom. The van der Waals surface area contributed by atoms with Gasteiger partial charge in [-0.05, 0) is 43.2 Å². The van der Waals surface area contributed by atoms with Gasteiger partial charge in [-0.1, -0.05) is 26.0 Å². The molecule has 4 heteroatoms. The van der Waals surface area contributed by atoms with Crippen LogP contribution in [0, 0.1) is 17.9 Å². The van der Waals surface area contributed by atoms with Crippen molar-refractivity contribution < 1.29 is 19.3 Å². The lowest BCUT2D eigenvalue weighted by molar-refractivity contribution is -0.242. The molecule has 1 radical (unpaired) electrons. The van der Waals surface area contributed by atoms with Gasteiger partial charge in [-0.2, -0.15) is 4.89 Å². The SMILES string of the molecule is COc1ccccc1C(=O)OO[C]1CCC(C)C(C)C1. The molecule has 1 aromatic rings. The molecule has 20 heavy (non-hydrogen) atoms. The topological polar surface area (TPSA) is 44.8 Å². The van der Waals surface area contributed by atoms with Crippen molar-refractivity contribution in [1.29, 1.82) is 0 Å². The van der Waals surface area contributed by atoms with Crippen LogP contribution in [0.3, 0.4) is 0 Å². The molecule has 0 bridgehead atoms. The standard InChI is InChI=1S/C16H21O4/c1-11-8-9-13(10-12(11)2)19-20-16(17)14-6-4-5-7-15(14)18-3/h4-7,11-12H,8-10H2,1-3H3. The number of hydrogen-bond acceptors (Lipinski definition) is 4. The Bertz CT molecular complexity index is 458. The van der Waals surface area contributed by atoms with Gasteiger partial charge in [0, 0.05) is 0 Å². The molecule has 0 aromatic heterocycles. The van der Waals surface area contributed by atoms with E-state index < -0.39 is 5.97 Å². The zero-order valence-corrected chi connectivity index (χ0v) is 12.2. The molecule has 4 nitrogen and oxygen atoms in total. The third kappa shape index (κ3) is 3.51. The molecular formula is C16H21O4. The van der Waals surface area contributed by atoms with E-state index in [0.29, 0.717) is 23.1 Å². The summed E-state index contributed by atoms with van der Waals surface area (Å²) in [6.45, 7) is 4.43. The second-order valence-corrected chi connectivity index (χ2v) is 5.39. The van der Waals surface area contributed by atoms with Crippen LogP contribution in [0.25, 0.3) is 0 Å². The number of rotatable bonds is 4. The fraction of sp³-hybridized carbons (Fsp3) is 0.500. The Labute approximate surface area is 120 Å². The molecule has 0 N–H and O–H groups in total. The molecule has 0 spiro atoms. The summed E-state index contributed by atoms with van der Waals surface area (Å²) in [7, 11) is 1.52. The van der Waals surface area contributed by atoms with Crippen molar-refractivity contribution in [2.24, 2.45) is 11.8 Å². The number of methoxy groups -OCH3 is 1. The van der Waals surface area contributed by atoms with E-state index in [1.807, 2.05) is 0 Å². The molecule has 1 aliphatic carbocycles. The minimum Gasteiger partial charge on any atom is -0.496 e. The fourth-order valence-electron chi connectivity index (χ4n) is 2.37. The van der Waals surface area contributed by atoms with Gasteiger partial charge >= 0.3 is 5.97 Å². The van der Waals surface area contributed by atoms with E-state index in [1.165, 1.54) is 7.11 Å². The summed E-state index contributed by atoms with van der Waals surface area (Å²) in [4.78, 5) is 22.1. The lowest BCUT2D eigenvalue weighted by atomic mass is 9.80. The molecule has 2 unspecified atom stereocenters. The molecule has 2 rings (SSSR count). The Kier molecular flexibility index (Phi) is 5.01. The van der Waals surface area contributed by atoms with E-state index in [9.17, 15) is 4.79 Å². The summed E-state index contributed by atoms with van der Waals surface area (Å²) in [6.07, 6.45) is 3.62. The molecular weight excluding hydrogens is 256 g/mol. The van der Waals surface area contributed by atoms with Crippen LogP contribution in [0.2, 0.25) is 0 Å². The lowest BCUT2D eigenvalue weighted by Gasteiger charge is -2.29. The molecule has 1 fully saturated rings. The third-order valence-electron chi connectivity index (χ3n) is 3.96. The first-order chi connectivity index (χ1) is 9.61. The summed E-state index contributed by atoms with van der Waals surface area (Å²) >= 11 is 0. The van der Waals surface area contributed by atoms with Gasteiger partial charge in [0.25, 0.3) is 0 Å². The molecule has 0 saturated heterocycles. The first-order valence-corrected chi connectivity index (χ1v) is 6.98. The smallest absolute Gasteiger partial charge is 0.376 e. The summed E-state index contributed by atoms with van der Waals surface area (Å²) < 4.78 is 5.13. The first-order valence-electron chi connectivity index (χ1n) is 6.98. The van der Waals surface area contributed by atoms with Crippen molar-refractivity contribution in [3.05, 3.63) is 35.9 Å². The van der Waals surface area contributed by atoms with E-state index in [4.69, 9.17) is 14.5 Å². The maximum absolute atomic E-state index is 12.0. The minimum atomic E-state index is -0.527. The number of para-hydroxylation sites is 1. The Morgan fingerprint density at radius 2 is 1.95 bits per heavy atom. The van der Waals surface area contributed by atoms with E-state index in [-0.39, 0.29) is 0 Å². The van der Waals surface area contributed by atoms with Crippen LogP contribution in [0.5, 0.6) is 5.75 Å². The second-order valence-electron chi connectivity index (χ2n) is 5.39. The van der Waals surface area contributed by atoms with Gasteiger partial charge in [-0.25, -0.2) is 4.79 Å². The minimum absolute atomic E-state index is 0.368. The van der Waals surface area contributed by atoms with Crippen molar-refractivity contribution in [2.45, 2.75) is 33.1 Å². The number of benzene rings is 1. The summed E-state index contributed by atoms with van der Waals surface area (Å²) in [5.41, 5.74) is 0.368. The van der Waals surface area contributed by atoms with Crippen LogP contribution in [-0.2, 0) is 9.78 Å². The number of carbonyl (C=O) groups excluding carboxylic acids is 1. The van der Waals surface area contributed by atoms with Crippen LogP contribution in [0.1, 0.15) is 43.5 Å². The first kappa shape index (κ1) is 14.9. The monoisotopic (exact) mass is 277 g/mol. The van der Waals surface area contributed by atoms with Crippen molar-refractivity contribution in [2.75, 3.05) is 7.11 Å². The van der Waals surface area contributed by atoms with E-state index in [2.05, 4.69) is 13.8 Å². The normalized spacial score (nSPS) is 23.4. The average Bonchev–Trinajstić information content (AvgIpc) is 2.48. The second kappa shape index (κ2) is 6.75. The van der Waals surface area contributed by atoms with Crippen molar-refractivity contribution in [3.8, 4) is 5.75 Å². The van der Waals surface area contributed by atoms with E-state index >= 15 is 0 Å². The third-order valence-corrected chi connectivity index (χ3v) is 3.96. The molecule has 0 heterocycles. The summed E-state index contributed by atoms with van der Waals surface area (Å²) in [5.74, 6) is 1.20. The van der Waals surface area contributed by atoms with E-state index in [1.54, 1.807) is 24.3 Å². The summed E-state index contributed by atoms with van der Waals surface area (Å²) in [5, 5.41) is 0. The van der Waals surface area contributed by atoms with Gasteiger partial charge < -0.3 is 4.74 Å². The molecule has 2 atom stereocenters. The van der Waals surface area contributed by atoms with Crippen LogP contribution in [0.4, 0.5) is 0 Å². The van der Waals surface area contributed by atoms with Gasteiger partial charge in [0.15, 0.2) is 0 Å². The zero-order valence-electron chi connectivity index (χ0n) is 12.2. The molecule has 1 aromatic carbocycles. The van der Waals surface area contributed by atoms with Crippen LogP contribution in [0.15, 0.2) is 24.3 Å². The maximum atomic E-state index is 12.0. The Hall–Kier alpha value is -1.55. The Morgan fingerprint density at radius 1 is 1.20 bits per heavy atom. The number of ether oxygens (including phenoxy) is 1. The fourth-order valence-corrected chi connectivity index (χ4v) is 2.37. The highest BCUT2D eigenvalue weighted by Crippen LogP contribution is 2.35. The summed E-state index contributed by atoms with van der Waals surface area (Å²) in [6, 6.07) is 6.93. The van der Waals surface area contributed by atoms with Gasteiger partial charge in [0.2, 0.25) is 0 Å². The highest BCUT2D eigenvalue weighted by molar-refractivity contribution is 5.92. The van der Waals surface area contributed by atoms with Gasteiger partial charge in [-0.3, -0.25) is 4.89 Å². The van der Waals surface area contributed by atoms with Gasteiger partial charge in [-0.15, -0.1) is 0 Å². The van der Waals surface area contributed by atoms with Crippen LogP contribution in [-0.4, -0.2) is 13.1 Å². The zero-order chi connectivity index (χ0) is 14.5. The number of hydrogen-bond donors (Lipinski definition) is 0. The largest absolute Gasteiger partial charge is 0.496 e. The predicted octanol–water partition coefficient (Wildman–Crippen LogP) is 3.77. The molecule has 109 valence electrons. The number of carbonyl (C=O) groups is 1. The maximum Gasteiger partial charge on any atom is 0.376 e. The lowest BCUT2D eigenvalue weighted by Crippen LogP contribution is -2.22. The Balaban J connectivity index is 1.89. The van der Waals surface area contributed by atoms with Crippen molar-refractivity contribution >= 4 is 5.97 Å². The van der Waals surface area contributed by atoms with Crippen LogP contribution < -0.4 is 4.74 Å².